The average molecular weight is 345 g/mol. The number of hydrogen-bond donors (Lipinski definition) is 0. The van der Waals surface area contributed by atoms with E-state index in [1.54, 1.807) is 0 Å². The van der Waals surface area contributed by atoms with Gasteiger partial charge in [-0.15, -0.1) is 0 Å². The van der Waals surface area contributed by atoms with Gasteiger partial charge in [0, 0.05) is 6.16 Å². The largest absolute Gasteiger partial charge is 0.275 e. The van der Waals surface area contributed by atoms with E-state index in [0.29, 0.717) is 13.9 Å². The maximum atomic E-state index is 10.6. The Labute approximate surface area is 149 Å². The molecule has 0 saturated heterocycles. The minimum atomic E-state index is 0.321. The Balaban J connectivity index is 0. The van der Waals surface area contributed by atoms with Gasteiger partial charge in [-0.3, -0.25) is 4.57 Å². The predicted octanol–water partition coefficient (Wildman–Crippen LogP) is 8.81. The van der Waals surface area contributed by atoms with Gasteiger partial charge < -0.3 is 0 Å². The molecule has 0 aliphatic carbocycles. The average Bonchev–Trinajstić information content (AvgIpc) is 2.59. The maximum absolute atomic E-state index is 10.6. The fraction of sp³-hybridized carbons (Fsp3) is 1.00. The molecule has 0 amide bonds. The fourth-order valence-corrected chi connectivity index (χ4v) is 3.86. The number of unbranched alkanes of at least 4 members (excludes halogenated alkanes) is 9. The zero-order valence-electron chi connectivity index (χ0n) is 17.0. The van der Waals surface area contributed by atoms with Crippen molar-refractivity contribution in [2.45, 2.75) is 125 Å². The van der Waals surface area contributed by atoms with E-state index in [2.05, 4.69) is 34.6 Å². The minimum Gasteiger partial charge on any atom is -0.275 e. The summed E-state index contributed by atoms with van der Waals surface area (Å²) < 4.78 is 10.6. The molecule has 0 unspecified atom stereocenters. The van der Waals surface area contributed by atoms with Gasteiger partial charge in [-0.2, -0.15) is 0 Å². The third-order valence-corrected chi connectivity index (χ3v) is 5.97. The minimum absolute atomic E-state index is 0.321. The van der Waals surface area contributed by atoms with E-state index in [0.717, 1.165) is 6.16 Å². The van der Waals surface area contributed by atoms with E-state index >= 15 is 0 Å². The second-order valence-electron chi connectivity index (χ2n) is 7.07. The highest BCUT2D eigenvalue weighted by atomic mass is 31.1. The maximum Gasteiger partial charge on any atom is 0.155 e. The molecule has 0 aromatic heterocycles. The molecule has 1 nitrogen and oxygen atoms in total. The first kappa shape index (κ1) is 25.3. The molecule has 0 heterocycles. The first-order valence-corrected chi connectivity index (χ1v) is 11.4. The van der Waals surface area contributed by atoms with E-state index in [1.807, 2.05) is 0 Å². The molecular formula is C21H45OP. The normalized spacial score (nSPS) is 11.3. The first-order valence-electron chi connectivity index (χ1n) is 10.4. The van der Waals surface area contributed by atoms with Crippen LogP contribution in [0.1, 0.15) is 125 Å². The van der Waals surface area contributed by atoms with Crippen LogP contribution in [0, 0.1) is 5.41 Å². The molecule has 0 radical (unpaired) electrons. The third kappa shape index (κ3) is 16.7. The van der Waals surface area contributed by atoms with Crippen molar-refractivity contribution >= 4 is 8.46 Å². The van der Waals surface area contributed by atoms with E-state index < -0.39 is 0 Å². The lowest BCUT2D eigenvalue weighted by Crippen LogP contribution is -2.20. The highest BCUT2D eigenvalue weighted by Crippen LogP contribution is 2.35. The molecular weight excluding hydrogens is 299 g/mol. The molecule has 140 valence electrons. The van der Waals surface area contributed by atoms with Gasteiger partial charge in [-0.25, -0.2) is 0 Å². The van der Waals surface area contributed by atoms with Crippen LogP contribution in [0.4, 0.5) is 0 Å². The van der Waals surface area contributed by atoms with Crippen molar-refractivity contribution in [3.63, 3.8) is 0 Å². The lowest BCUT2D eigenvalue weighted by atomic mass is 9.80. The van der Waals surface area contributed by atoms with Gasteiger partial charge in [0.05, 0.1) is 0 Å². The summed E-state index contributed by atoms with van der Waals surface area (Å²) in [5.74, 6) is 0. The highest BCUT2D eigenvalue weighted by molar-refractivity contribution is 7.23. The summed E-state index contributed by atoms with van der Waals surface area (Å²) in [6.45, 7) is 11.2. The summed E-state index contributed by atoms with van der Waals surface area (Å²) in [4.78, 5) is 0. The van der Waals surface area contributed by atoms with Crippen molar-refractivity contribution in [1.82, 2.24) is 0 Å². The molecule has 0 aliphatic heterocycles. The van der Waals surface area contributed by atoms with Gasteiger partial charge >= 0.3 is 0 Å². The third-order valence-electron chi connectivity index (χ3n) is 5.17. The van der Waals surface area contributed by atoms with Crippen molar-refractivity contribution in [1.29, 1.82) is 0 Å². The van der Waals surface area contributed by atoms with Crippen LogP contribution in [0.5, 0.6) is 0 Å². The Morgan fingerprint density at radius 1 is 0.609 bits per heavy atom. The zero-order chi connectivity index (χ0) is 17.8. The van der Waals surface area contributed by atoms with Gasteiger partial charge in [0.15, 0.2) is 8.46 Å². The lowest BCUT2D eigenvalue weighted by molar-refractivity contribution is 0.270. The molecule has 0 aromatic rings. The molecule has 0 rings (SSSR count). The standard InChI is InChI=1S/C11H24.C10H21OP/c1-3-5-7-9-11-10-8-6-4-2;1-4-7-8-10(5-2,6-3)9-12-11/h3-11H2,1-2H3;4-9H2,1-3H3. The van der Waals surface area contributed by atoms with Crippen LogP contribution in [-0.4, -0.2) is 6.16 Å². The van der Waals surface area contributed by atoms with Gasteiger partial charge in [0.1, 0.15) is 0 Å². The molecule has 0 aromatic carbocycles. The van der Waals surface area contributed by atoms with Crippen molar-refractivity contribution in [3.8, 4) is 0 Å². The SMILES string of the molecule is CCCCC(CC)(CC)CP=O.CCCCCCCCCCC. The molecule has 23 heavy (non-hydrogen) atoms. The highest BCUT2D eigenvalue weighted by Gasteiger charge is 2.24. The Kier molecular flexibility index (Phi) is 22.2. The van der Waals surface area contributed by atoms with Crippen LogP contribution in [0.2, 0.25) is 0 Å². The van der Waals surface area contributed by atoms with Crippen molar-refractivity contribution in [2.75, 3.05) is 6.16 Å². The second-order valence-corrected chi connectivity index (χ2v) is 7.65. The smallest absolute Gasteiger partial charge is 0.155 e. The predicted molar refractivity (Wildman–Crippen MR) is 108 cm³/mol. The molecule has 0 saturated carbocycles. The summed E-state index contributed by atoms with van der Waals surface area (Å²) in [5, 5.41) is 0. The van der Waals surface area contributed by atoms with Crippen molar-refractivity contribution in [3.05, 3.63) is 0 Å². The van der Waals surface area contributed by atoms with Gasteiger partial charge in [0.25, 0.3) is 0 Å². The van der Waals surface area contributed by atoms with Crippen LogP contribution in [0.25, 0.3) is 0 Å². The molecule has 0 aliphatic rings. The molecule has 0 spiro atoms. The fourth-order valence-electron chi connectivity index (χ4n) is 2.98. The van der Waals surface area contributed by atoms with Crippen LogP contribution in [0.3, 0.4) is 0 Å². The lowest BCUT2D eigenvalue weighted by Gasteiger charge is -2.28. The summed E-state index contributed by atoms with van der Waals surface area (Å²) in [6.07, 6.45) is 19.9. The van der Waals surface area contributed by atoms with Crippen LogP contribution < -0.4 is 0 Å². The van der Waals surface area contributed by atoms with Gasteiger partial charge in [0.2, 0.25) is 0 Å². The number of rotatable bonds is 15. The van der Waals surface area contributed by atoms with Gasteiger partial charge in [-0.05, 0) is 24.7 Å². The summed E-state index contributed by atoms with van der Waals surface area (Å²) in [5.41, 5.74) is 0.360. The van der Waals surface area contributed by atoms with E-state index in [1.165, 1.54) is 89.9 Å². The van der Waals surface area contributed by atoms with Crippen LogP contribution in [0.15, 0.2) is 0 Å². The zero-order valence-corrected chi connectivity index (χ0v) is 17.9. The first-order chi connectivity index (χ1) is 11.2. The molecule has 2 heteroatoms. The van der Waals surface area contributed by atoms with Gasteiger partial charge in [-0.1, -0.05) is 105 Å². The van der Waals surface area contributed by atoms with Crippen LogP contribution in [-0.2, 0) is 4.57 Å². The van der Waals surface area contributed by atoms with Crippen molar-refractivity contribution in [2.24, 2.45) is 5.41 Å². The molecule has 0 N–H and O–H groups in total. The van der Waals surface area contributed by atoms with E-state index in [4.69, 9.17) is 0 Å². The topological polar surface area (TPSA) is 17.1 Å². The molecule has 0 bridgehead atoms. The Morgan fingerprint density at radius 3 is 1.30 bits per heavy atom. The van der Waals surface area contributed by atoms with Crippen molar-refractivity contribution < 1.29 is 4.57 Å². The number of hydrogen-bond acceptors (Lipinski definition) is 1. The summed E-state index contributed by atoms with van der Waals surface area (Å²) in [6, 6.07) is 0. The van der Waals surface area contributed by atoms with E-state index in [9.17, 15) is 4.57 Å². The Morgan fingerprint density at radius 2 is 1.00 bits per heavy atom. The summed E-state index contributed by atoms with van der Waals surface area (Å²) >= 11 is 0. The Bertz CT molecular complexity index is 216. The summed E-state index contributed by atoms with van der Waals surface area (Å²) in [7, 11) is 0.321. The monoisotopic (exact) mass is 344 g/mol. The van der Waals surface area contributed by atoms with E-state index in [-0.39, 0.29) is 0 Å². The van der Waals surface area contributed by atoms with Crippen LogP contribution >= 0.6 is 8.46 Å². The Hall–Kier alpha value is 0.100. The molecule has 0 atom stereocenters. The molecule has 0 fully saturated rings. The second kappa shape index (κ2) is 20.1. The quantitative estimate of drug-likeness (QED) is 0.214.